The van der Waals surface area contributed by atoms with Crippen molar-refractivity contribution in [1.29, 1.82) is 0 Å². The second-order valence-corrected chi connectivity index (χ2v) is 6.75. The molecule has 0 saturated carbocycles. The number of unbranched alkanes of at least 4 members (excludes halogenated alkanes) is 8. The van der Waals surface area contributed by atoms with Gasteiger partial charge in [-0.3, -0.25) is 4.79 Å². The molecule has 4 heteroatoms. The van der Waals surface area contributed by atoms with Gasteiger partial charge >= 0.3 is 0 Å². The largest absolute Gasteiger partial charge is 0.273 e. The molecule has 0 saturated heterocycles. The molecule has 0 atom stereocenters. The summed E-state index contributed by atoms with van der Waals surface area (Å²) in [5.74, 6) is -0.00809. The Bertz CT molecular complexity index is 497. The summed E-state index contributed by atoms with van der Waals surface area (Å²) >= 11 is 5.86. The molecule has 0 aromatic heterocycles. The standard InChI is InChI=1S/C20H31ClN2O/c1-3-4-5-6-7-8-9-10-11-12-20(24)23-22-17(2)18-13-15-19(21)16-14-18/h13-16H,3-12H2,1-2H3,(H,23,24)/b22-17+. The lowest BCUT2D eigenvalue weighted by molar-refractivity contribution is -0.121. The first kappa shape index (κ1) is 20.7. The van der Waals surface area contributed by atoms with Crippen molar-refractivity contribution < 1.29 is 4.79 Å². The molecule has 1 rings (SSSR count). The fraction of sp³-hybridized carbons (Fsp3) is 0.600. The molecule has 0 aliphatic heterocycles. The van der Waals surface area contributed by atoms with Crippen LogP contribution in [0.2, 0.25) is 5.02 Å². The van der Waals surface area contributed by atoms with Crippen LogP contribution in [0.25, 0.3) is 0 Å². The minimum atomic E-state index is -0.00809. The maximum atomic E-state index is 11.8. The van der Waals surface area contributed by atoms with E-state index in [0.717, 1.165) is 24.1 Å². The summed E-state index contributed by atoms with van der Waals surface area (Å²) in [6, 6.07) is 7.43. The molecule has 0 aliphatic rings. The first-order chi connectivity index (χ1) is 11.6. The Kier molecular flexibility index (Phi) is 11.2. The Morgan fingerprint density at radius 1 is 0.958 bits per heavy atom. The van der Waals surface area contributed by atoms with Gasteiger partial charge in [0.2, 0.25) is 5.91 Å². The highest BCUT2D eigenvalue weighted by molar-refractivity contribution is 6.30. The third kappa shape index (κ3) is 9.71. The van der Waals surface area contributed by atoms with Crippen molar-refractivity contribution in [2.24, 2.45) is 5.10 Å². The molecule has 1 aromatic carbocycles. The van der Waals surface area contributed by atoms with Crippen LogP contribution in [-0.2, 0) is 4.79 Å². The van der Waals surface area contributed by atoms with Gasteiger partial charge in [0, 0.05) is 11.4 Å². The normalized spacial score (nSPS) is 11.5. The van der Waals surface area contributed by atoms with E-state index in [4.69, 9.17) is 11.6 Å². The van der Waals surface area contributed by atoms with Crippen molar-refractivity contribution in [3.05, 3.63) is 34.9 Å². The Balaban J connectivity index is 2.09. The number of benzene rings is 1. The summed E-state index contributed by atoms with van der Waals surface area (Å²) in [5, 5.41) is 4.85. The number of hydrogen-bond acceptors (Lipinski definition) is 2. The molecule has 0 fully saturated rings. The number of amides is 1. The zero-order chi connectivity index (χ0) is 17.6. The van der Waals surface area contributed by atoms with Gasteiger partial charge in [0.15, 0.2) is 0 Å². The highest BCUT2D eigenvalue weighted by atomic mass is 35.5. The highest BCUT2D eigenvalue weighted by Crippen LogP contribution is 2.11. The van der Waals surface area contributed by atoms with Crippen LogP contribution in [0.1, 0.15) is 83.6 Å². The molecule has 1 N–H and O–H groups in total. The number of hydrazone groups is 1. The van der Waals surface area contributed by atoms with Gasteiger partial charge in [0.1, 0.15) is 0 Å². The predicted octanol–water partition coefficient (Wildman–Crippen LogP) is 6.10. The van der Waals surface area contributed by atoms with E-state index in [-0.39, 0.29) is 5.91 Å². The molecular formula is C20H31ClN2O. The lowest BCUT2D eigenvalue weighted by Gasteiger charge is -2.04. The first-order valence-corrected chi connectivity index (χ1v) is 9.60. The fourth-order valence-electron chi connectivity index (χ4n) is 2.55. The zero-order valence-corrected chi connectivity index (χ0v) is 15.9. The van der Waals surface area contributed by atoms with Crippen LogP contribution in [0, 0.1) is 0 Å². The maximum absolute atomic E-state index is 11.8. The van der Waals surface area contributed by atoms with Crippen molar-refractivity contribution in [3.8, 4) is 0 Å². The minimum absolute atomic E-state index is 0.00809. The molecule has 24 heavy (non-hydrogen) atoms. The Labute approximate surface area is 151 Å². The third-order valence-electron chi connectivity index (χ3n) is 4.12. The van der Waals surface area contributed by atoms with E-state index in [1.807, 2.05) is 31.2 Å². The molecule has 1 aromatic rings. The van der Waals surface area contributed by atoms with E-state index in [1.165, 1.54) is 44.9 Å². The van der Waals surface area contributed by atoms with E-state index in [2.05, 4.69) is 17.5 Å². The zero-order valence-electron chi connectivity index (χ0n) is 15.1. The van der Waals surface area contributed by atoms with Gasteiger partial charge in [-0.15, -0.1) is 0 Å². The quantitative estimate of drug-likeness (QED) is 0.276. The second-order valence-electron chi connectivity index (χ2n) is 6.32. The van der Waals surface area contributed by atoms with Crippen LogP contribution < -0.4 is 5.43 Å². The Morgan fingerprint density at radius 2 is 1.50 bits per heavy atom. The summed E-state index contributed by atoms with van der Waals surface area (Å²) in [6.07, 6.45) is 11.8. The number of hydrogen-bond donors (Lipinski definition) is 1. The van der Waals surface area contributed by atoms with Crippen LogP contribution >= 0.6 is 11.6 Å². The first-order valence-electron chi connectivity index (χ1n) is 9.22. The van der Waals surface area contributed by atoms with E-state index in [9.17, 15) is 4.79 Å². The van der Waals surface area contributed by atoms with E-state index in [1.54, 1.807) is 0 Å². The Hall–Kier alpha value is -1.35. The summed E-state index contributed by atoms with van der Waals surface area (Å²) in [6.45, 7) is 4.12. The van der Waals surface area contributed by atoms with Gasteiger partial charge in [0.25, 0.3) is 0 Å². The average molecular weight is 351 g/mol. The average Bonchev–Trinajstić information content (AvgIpc) is 2.59. The third-order valence-corrected chi connectivity index (χ3v) is 4.37. The lowest BCUT2D eigenvalue weighted by atomic mass is 10.1. The van der Waals surface area contributed by atoms with Crippen LogP contribution in [0.4, 0.5) is 0 Å². The topological polar surface area (TPSA) is 41.5 Å². The van der Waals surface area contributed by atoms with Crippen molar-refractivity contribution in [2.75, 3.05) is 0 Å². The van der Waals surface area contributed by atoms with Crippen LogP contribution in [-0.4, -0.2) is 11.6 Å². The monoisotopic (exact) mass is 350 g/mol. The smallest absolute Gasteiger partial charge is 0.240 e. The van der Waals surface area contributed by atoms with Crippen molar-refractivity contribution in [1.82, 2.24) is 5.43 Å². The minimum Gasteiger partial charge on any atom is -0.273 e. The molecule has 0 unspecified atom stereocenters. The summed E-state index contributed by atoms with van der Waals surface area (Å²) in [7, 11) is 0. The van der Waals surface area contributed by atoms with Gasteiger partial charge in [-0.1, -0.05) is 82.0 Å². The van der Waals surface area contributed by atoms with Gasteiger partial charge in [-0.05, 0) is 31.0 Å². The van der Waals surface area contributed by atoms with Gasteiger partial charge < -0.3 is 0 Å². The van der Waals surface area contributed by atoms with Crippen molar-refractivity contribution in [3.63, 3.8) is 0 Å². The molecule has 0 spiro atoms. The van der Waals surface area contributed by atoms with Crippen LogP contribution in [0.3, 0.4) is 0 Å². The maximum Gasteiger partial charge on any atom is 0.240 e. The van der Waals surface area contributed by atoms with E-state index >= 15 is 0 Å². The molecule has 0 bridgehead atoms. The molecule has 1 amide bonds. The molecule has 134 valence electrons. The van der Waals surface area contributed by atoms with Crippen LogP contribution in [0.15, 0.2) is 29.4 Å². The SMILES string of the molecule is CCCCCCCCCCCC(=O)N/N=C(\C)c1ccc(Cl)cc1. The second kappa shape index (κ2) is 13.0. The highest BCUT2D eigenvalue weighted by Gasteiger charge is 2.02. The van der Waals surface area contributed by atoms with Gasteiger partial charge in [-0.2, -0.15) is 5.10 Å². The predicted molar refractivity (Wildman–Crippen MR) is 104 cm³/mol. The number of nitrogens with one attached hydrogen (secondary N) is 1. The molecular weight excluding hydrogens is 320 g/mol. The van der Waals surface area contributed by atoms with E-state index in [0.29, 0.717) is 11.4 Å². The molecule has 0 aliphatic carbocycles. The van der Waals surface area contributed by atoms with Crippen molar-refractivity contribution >= 4 is 23.2 Å². The summed E-state index contributed by atoms with van der Waals surface area (Å²) in [4.78, 5) is 11.8. The number of nitrogens with zero attached hydrogens (tertiary/aromatic N) is 1. The number of halogens is 1. The summed E-state index contributed by atoms with van der Waals surface area (Å²) in [5.41, 5.74) is 4.38. The van der Waals surface area contributed by atoms with Gasteiger partial charge in [-0.25, -0.2) is 5.43 Å². The molecule has 3 nitrogen and oxygen atoms in total. The number of rotatable bonds is 12. The van der Waals surface area contributed by atoms with E-state index < -0.39 is 0 Å². The van der Waals surface area contributed by atoms with Crippen LogP contribution in [0.5, 0.6) is 0 Å². The van der Waals surface area contributed by atoms with Gasteiger partial charge in [0.05, 0.1) is 5.71 Å². The Morgan fingerprint density at radius 3 is 2.08 bits per heavy atom. The number of carbonyl (C=O) groups is 1. The van der Waals surface area contributed by atoms with Crippen molar-refractivity contribution in [2.45, 2.75) is 78.1 Å². The summed E-state index contributed by atoms with van der Waals surface area (Å²) < 4.78 is 0. The number of carbonyl (C=O) groups excluding carboxylic acids is 1. The fourth-order valence-corrected chi connectivity index (χ4v) is 2.68. The lowest BCUT2D eigenvalue weighted by Crippen LogP contribution is -2.18. The molecule has 0 radical (unpaired) electrons. The molecule has 0 heterocycles.